The van der Waals surface area contributed by atoms with E-state index in [1.807, 2.05) is 0 Å². The van der Waals surface area contributed by atoms with Crippen LogP contribution in [0.4, 0.5) is 11.6 Å². The van der Waals surface area contributed by atoms with Gasteiger partial charge in [0.1, 0.15) is 11.4 Å². The van der Waals surface area contributed by atoms with Gasteiger partial charge in [0, 0.05) is 17.1 Å². The van der Waals surface area contributed by atoms with E-state index in [0.717, 1.165) is 0 Å². The Balaban J connectivity index is 2.36. The second-order valence-electron chi connectivity index (χ2n) is 4.14. The van der Waals surface area contributed by atoms with Crippen LogP contribution in [0.15, 0.2) is 28.8 Å². The predicted molar refractivity (Wildman–Crippen MR) is 83.3 cm³/mol. The Kier molecular flexibility index (Phi) is 3.17. The molecule has 1 aromatic carbocycles. The molecule has 0 saturated carbocycles. The van der Waals surface area contributed by atoms with E-state index < -0.39 is 0 Å². The number of nitrogens with two attached hydrogens (primary N) is 2. The first kappa shape index (κ1) is 13.4. The molecule has 0 unspecified atom stereocenters. The van der Waals surface area contributed by atoms with Crippen molar-refractivity contribution in [1.82, 2.24) is 4.98 Å². The van der Waals surface area contributed by atoms with Crippen molar-refractivity contribution in [2.24, 2.45) is 0 Å². The highest BCUT2D eigenvalue weighted by Crippen LogP contribution is 2.41. The number of pyridine rings is 1. The molecule has 0 aliphatic heterocycles. The summed E-state index contributed by atoms with van der Waals surface area (Å²) < 4.78 is 5.46. The van der Waals surface area contributed by atoms with Crippen molar-refractivity contribution in [1.29, 1.82) is 0 Å². The summed E-state index contributed by atoms with van der Waals surface area (Å²) >= 11 is 18.2. The van der Waals surface area contributed by atoms with Crippen molar-refractivity contribution in [2.75, 3.05) is 11.5 Å². The van der Waals surface area contributed by atoms with Crippen molar-refractivity contribution in [3.63, 3.8) is 0 Å². The number of benzene rings is 1. The second-order valence-corrected chi connectivity index (χ2v) is 5.30. The fourth-order valence-electron chi connectivity index (χ4n) is 1.96. The molecule has 4 N–H and O–H groups in total. The van der Waals surface area contributed by atoms with Crippen LogP contribution in [0.25, 0.3) is 22.2 Å². The molecule has 102 valence electrons. The molecule has 3 rings (SSSR count). The van der Waals surface area contributed by atoms with Gasteiger partial charge in [-0.05, 0) is 18.2 Å². The molecule has 20 heavy (non-hydrogen) atoms. The number of anilines is 2. The third kappa shape index (κ3) is 1.88. The van der Waals surface area contributed by atoms with Gasteiger partial charge in [0.05, 0.1) is 15.1 Å². The molecule has 4 nitrogen and oxygen atoms in total. The lowest BCUT2D eigenvalue weighted by atomic mass is 10.1. The van der Waals surface area contributed by atoms with Crippen LogP contribution >= 0.6 is 34.8 Å². The highest BCUT2D eigenvalue weighted by molar-refractivity contribution is 6.49. The monoisotopic (exact) mass is 327 g/mol. The molecular formula is C13H8Cl3N3O. The minimum absolute atomic E-state index is 0.144. The quantitative estimate of drug-likeness (QED) is 0.639. The van der Waals surface area contributed by atoms with Crippen molar-refractivity contribution >= 4 is 57.3 Å². The number of nitrogens with zero attached hydrogens (tertiary/aromatic N) is 1. The number of furan rings is 1. The third-order valence-corrected chi connectivity index (χ3v) is 4.26. The lowest BCUT2D eigenvalue weighted by Crippen LogP contribution is -1.89. The molecule has 0 amide bonds. The van der Waals surface area contributed by atoms with E-state index in [9.17, 15) is 0 Å². The molecule has 2 heterocycles. The number of rotatable bonds is 1. The minimum atomic E-state index is 0.144. The Morgan fingerprint density at radius 3 is 2.50 bits per heavy atom. The van der Waals surface area contributed by atoms with Gasteiger partial charge in [0.25, 0.3) is 0 Å². The molecule has 0 radical (unpaired) electrons. The molecule has 0 fully saturated rings. The molecule has 0 spiro atoms. The van der Waals surface area contributed by atoms with Crippen LogP contribution < -0.4 is 11.5 Å². The molecule has 2 aromatic heterocycles. The smallest absolute Gasteiger partial charge is 0.214 e. The number of fused-ring (bicyclic) bond motifs is 1. The second kappa shape index (κ2) is 4.74. The first-order valence-electron chi connectivity index (χ1n) is 5.57. The van der Waals surface area contributed by atoms with Crippen LogP contribution in [0.5, 0.6) is 0 Å². The average Bonchev–Trinajstić information content (AvgIpc) is 2.73. The number of aromatic nitrogens is 1. The van der Waals surface area contributed by atoms with Crippen molar-refractivity contribution in [3.8, 4) is 11.3 Å². The van der Waals surface area contributed by atoms with E-state index in [-0.39, 0.29) is 10.9 Å². The normalized spacial score (nSPS) is 11.2. The summed E-state index contributed by atoms with van der Waals surface area (Å²) in [6.45, 7) is 0. The standard InChI is InChI=1S/C13H8Cl3N3O/c14-7-2-1-5(8(15)9(7)16)11-12-6(3-4-19-11)10(17)13(18)20-12/h1-4H,17-18H2. The summed E-state index contributed by atoms with van der Waals surface area (Å²) in [6, 6.07) is 5.08. The fraction of sp³-hybridized carbons (Fsp3) is 0. The zero-order valence-corrected chi connectivity index (χ0v) is 12.2. The lowest BCUT2D eigenvalue weighted by Gasteiger charge is -2.07. The van der Waals surface area contributed by atoms with Crippen LogP contribution in [0.1, 0.15) is 0 Å². The van der Waals surface area contributed by atoms with Gasteiger partial charge in [-0.1, -0.05) is 34.8 Å². The maximum Gasteiger partial charge on any atom is 0.214 e. The van der Waals surface area contributed by atoms with Crippen LogP contribution in [0, 0.1) is 0 Å². The van der Waals surface area contributed by atoms with Crippen LogP contribution in [0.2, 0.25) is 15.1 Å². The third-order valence-electron chi connectivity index (χ3n) is 2.96. The van der Waals surface area contributed by atoms with Crippen LogP contribution in [-0.4, -0.2) is 4.98 Å². The molecule has 0 atom stereocenters. The van der Waals surface area contributed by atoms with Crippen LogP contribution in [-0.2, 0) is 0 Å². The molecule has 7 heteroatoms. The zero-order valence-electron chi connectivity index (χ0n) is 9.95. The Morgan fingerprint density at radius 1 is 1.00 bits per heavy atom. The maximum atomic E-state index is 6.22. The molecule has 0 aliphatic carbocycles. The Labute approximate surface area is 129 Å². The highest BCUT2D eigenvalue weighted by Gasteiger charge is 2.18. The van der Waals surface area contributed by atoms with E-state index in [2.05, 4.69) is 4.98 Å². The van der Waals surface area contributed by atoms with Crippen LogP contribution in [0.3, 0.4) is 0 Å². The summed E-state index contributed by atoms with van der Waals surface area (Å²) in [4.78, 5) is 4.27. The van der Waals surface area contributed by atoms with Gasteiger partial charge in [0.15, 0.2) is 5.58 Å². The number of halogens is 3. The largest absolute Gasteiger partial charge is 0.436 e. The number of hydrogen-bond acceptors (Lipinski definition) is 4. The lowest BCUT2D eigenvalue weighted by molar-refractivity contribution is 0.638. The summed E-state index contributed by atoms with van der Waals surface area (Å²) in [5, 5.41) is 1.60. The Morgan fingerprint density at radius 2 is 1.75 bits per heavy atom. The molecule has 0 saturated heterocycles. The Bertz CT molecular complexity index is 829. The molecule has 3 aromatic rings. The molecule has 0 bridgehead atoms. The van der Waals surface area contributed by atoms with E-state index in [1.165, 1.54) is 0 Å². The van der Waals surface area contributed by atoms with E-state index >= 15 is 0 Å². The van der Waals surface area contributed by atoms with Crippen molar-refractivity contribution in [3.05, 3.63) is 39.5 Å². The Hall–Kier alpha value is -1.62. The van der Waals surface area contributed by atoms with E-state index in [0.29, 0.717) is 38.0 Å². The van der Waals surface area contributed by atoms with Gasteiger partial charge >= 0.3 is 0 Å². The SMILES string of the molecule is Nc1oc2c(-c3ccc(Cl)c(Cl)c3Cl)nccc2c1N. The summed E-state index contributed by atoms with van der Waals surface area (Å²) in [5.74, 6) is 0.144. The van der Waals surface area contributed by atoms with Gasteiger partial charge < -0.3 is 15.9 Å². The van der Waals surface area contributed by atoms with E-state index in [1.54, 1.807) is 24.4 Å². The number of nitrogen functional groups attached to an aromatic ring is 2. The predicted octanol–water partition coefficient (Wildman–Crippen LogP) is 4.62. The topological polar surface area (TPSA) is 78.1 Å². The van der Waals surface area contributed by atoms with Gasteiger partial charge in [-0.15, -0.1) is 0 Å². The number of hydrogen-bond donors (Lipinski definition) is 2. The first-order chi connectivity index (χ1) is 9.50. The van der Waals surface area contributed by atoms with E-state index in [4.69, 9.17) is 50.7 Å². The summed E-state index contributed by atoms with van der Waals surface area (Å²) in [7, 11) is 0. The summed E-state index contributed by atoms with van der Waals surface area (Å²) in [5.41, 5.74) is 13.5. The highest BCUT2D eigenvalue weighted by atomic mass is 35.5. The van der Waals surface area contributed by atoms with Gasteiger partial charge in [-0.25, -0.2) is 0 Å². The maximum absolute atomic E-state index is 6.22. The fourth-order valence-corrected chi connectivity index (χ4v) is 2.59. The molecule has 0 aliphatic rings. The minimum Gasteiger partial charge on any atom is -0.436 e. The zero-order chi connectivity index (χ0) is 14.4. The van der Waals surface area contributed by atoms with Gasteiger partial charge in [-0.2, -0.15) is 0 Å². The van der Waals surface area contributed by atoms with Crippen molar-refractivity contribution < 1.29 is 4.42 Å². The van der Waals surface area contributed by atoms with Gasteiger partial charge in [-0.3, -0.25) is 4.98 Å². The summed E-state index contributed by atoms with van der Waals surface area (Å²) in [6.07, 6.45) is 1.60. The first-order valence-corrected chi connectivity index (χ1v) is 6.70. The molecular weight excluding hydrogens is 321 g/mol. The average molecular weight is 329 g/mol. The van der Waals surface area contributed by atoms with Crippen molar-refractivity contribution in [2.45, 2.75) is 0 Å². The van der Waals surface area contributed by atoms with Gasteiger partial charge in [0.2, 0.25) is 5.88 Å².